The number of benzene rings is 6. The quantitative estimate of drug-likeness (QED) is 0.184. The molecule has 2 heterocycles. The van der Waals surface area contributed by atoms with Gasteiger partial charge in [0.25, 0.3) is 11.8 Å². The second-order valence-electron chi connectivity index (χ2n) is 12.0. The van der Waals surface area contributed by atoms with Gasteiger partial charge in [-0.25, -0.2) is 9.78 Å². The maximum atomic E-state index is 13.0. The summed E-state index contributed by atoms with van der Waals surface area (Å²) in [5.41, 5.74) is 2.26. The lowest BCUT2D eigenvalue weighted by molar-refractivity contribution is 0.0697. The third-order valence-corrected chi connectivity index (χ3v) is 9.15. The topological polar surface area (TPSA) is 111 Å². The molecule has 0 saturated carbocycles. The first-order valence-corrected chi connectivity index (χ1v) is 17.2. The Morgan fingerprint density at radius 1 is 0.667 bits per heavy atom. The molecule has 0 aliphatic carbocycles. The summed E-state index contributed by atoms with van der Waals surface area (Å²) < 4.78 is 10.8. The molecule has 1 aliphatic heterocycles. The zero-order chi connectivity index (χ0) is 35.3. The van der Waals surface area contributed by atoms with Crippen LogP contribution in [-0.2, 0) is 4.74 Å². The first-order chi connectivity index (χ1) is 24.8. The van der Waals surface area contributed by atoms with Crippen LogP contribution in [0.3, 0.4) is 0 Å². The van der Waals surface area contributed by atoms with Crippen LogP contribution in [0.15, 0.2) is 131 Å². The van der Waals surface area contributed by atoms with Crippen molar-refractivity contribution in [3.63, 3.8) is 0 Å². The van der Waals surface area contributed by atoms with Crippen molar-refractivity contribution in [3.05, 3.63) is 153 Å². The molecule has 51 heavy (non-hydrogen) atoms. The minimum absolute atomic E-state index is 0.0526. The number of fused-ring (bicyclic) bond motifs is 3. The fourth-order valence-electron chi connectivity index (χ4n) is 6.10. The van der Waals surface area contributed by atoms with E-state index in [0.29, 0.717) is 56.9 Å². The van der Waals surface area contributed by atoms with E-state index in [0.717, 1.165) is 39.9 Å². The van der Waals surface area contributed by atoms with E-state index in [1.54, 1.807) is 42.5 Å². The van der Waals surface area contributed by atoms with Gasteiger partial charge in [-0.1, -0.05) is 96.0 Å². The van der Waals surface area contributed by atoms with Gasteiger partial charge in [0, 0.05) is 40.4 Å². The molecule has 7 aromatic rings. The molecule has 10 heteroatoms. The van der Waals surface area contributed by atoms with Crippen LogP contribution in [0.1, 0.15) is 33.6 Å². The van der Waals surface area contributed by atoms with Crippen LogP contribution >= 0.6 is 23.2 Å². The lowest BCUT2D eigenvalue weighted by atomic mass is 10.0. The third kappa shape index (κ3) is 7.64. The molecule has 1 fully saturated rings. The maximum absolute atomic E-state index is 13.0. The van der Waals surface area contributed by atoms with Crippen molar-refractivity contribution in [3.8, 4) is 11.5 Å². The van der Waals surface area contributed by atoms with E-state index in [9.17, 15) is 14.4 Å². The van der Waals surface area contributed by atoms with Crippen molar-refractivity contribution in [1.29, 1.82) is 0 Å². The molecule has 6 aromatic carbocycles. The molecule has 1 saturated heterocycles. The van der Waals surface area contributed by atoms with Crippen molar-refractivity contribution in [2.75, 3.05) is 18.5 Å². The van der Waals surface area contributed by atoms with Gasteiger partial charge in [0.2, 0.25) is 5.89 Å². The summed E-state index contributed by atoms with van der Waals surface area (Å²) in [5.74, 6) is -0.214. The Balaban J connectivity index is 0.000000165. The third-order valence-electron chi connectivity index (χ3n) is 8.68. The van der Waals surface area contributed by atoms with Gasteiger partial charge in [-0.3, -0.25) is 9.59 Å². The molecule has 0 atom stereocenters. The monoisotopic (exact) mass is 715 g/mol. The van der Waals surface area contributed by atoms with Gasteiger partial charge >= 0.3 is 5.63 Å². The average Bonchev–Trinajstić information content (AvgIpc) is 3.16. The zero-order valence-electron chi connectivity index (χ0n) is 27.2. The van der Waals surface area contributed by atoms with E-state index < -0.39 is 5.63 Å². The molecular weight excluding hydrogens is 685 g/mol. The standard InChI is InChI=1S/C23H21ClN2O3.C18H10ClNO2/c24-16-8-9-21(20(14-16)23(28)25-17-10-12-29-13-11-17)26-22(27)19-7-3-5-15-4-1-2-6-18(15)19;19-12-8-9-16-15(10-12)18(21)22-17(20-16)14-7-3-5-11-4-1-2-6-13(11)14/h1-9,14,17H,10-13H2,(H,25,28)(H,26,27);1-10H. The number of rotatable bonds is 5. The van der Waals surface area contributed by atoms with Gasteiger partial charge in [0.05, 0.1) is 22.2 Å². The normalized spacial score (nSPS) is 13.1. The Labute approximate surface area is 303 Å². The van der Waals surface area contributed by atoms with Crippen LogP contribution < -0.4 is 16.3 Å². The summed E-state index contributed by atoms with van der Waals surface area (Å²) >= 11 is 12.0. The Bertz CT molecular complexity index is 2470. The lowest BCUT2D eigenvalue weighted by Gasteiger charge is -2.23. The van der Waals surface area contributed by atoms with Gasteiger partial charge in [-0.15, -0.1) is 0 Å². The van der Waals surface area contributed by atoms with Gasteiger partial charge in [-0.2, -0.15) is 0 Å². The lowest BCUT2D eigenvalue weighted by Crippen LogP contribution is -2.39. The van der Waals surface area contributed by atoms with E-state index in [4.69, 9.17) is 32.4 Å². The van der Waals surface area contributed by atoms with E-state index >= 15 is 0 Å². The molecule has 2 amide bonds. The number of anilines is 1. The van der Waals surface area contributed by atoms with Crippen LogP contribution in [0.25, 0.3) is 43.9 Å². The fourth-order valence-corrected chi connectivity index (χ4v) is 6.45. The minimum Gasteiger partial charge on any atom is -0.403 e. The summed E-state index contributed by atoms with van der Waals surface area (Å²) in [6, 6.07) is 37.0. The van der Waals surface area contributed by atoms with Crippen molar-refractivity contribution in [2.24, 2.45) is 0 Å². The highest BCUT2D eigenvalue weighted by Crippen LogP contribution is 2.28. The number of nitrogens with zero attached hydrogens (tertiary/aromatic N) is 1. The van der Waals surface area contributed by atoms with Crippen LogP contribution in [0.2, 0.25) is 10.0 Å². The number of nitrogens with one attached hydrogen (secondary N) is 2. The fraction of sp³-hybridized carbons (Fsp3) is 0.122. The molecule has 1 aromatic heterocycles. The first kappa shape index (κ1) is 33.9. The molecule has 0 spiro atoms. The SMILES string of the molecule is O=C(NC1CCOCC1)c1cc(Cl)ccc1NC(=O)c1cccc2ccccc12.O=c1oc(-c2cccc3ccccc23)nc2ccc(Cl)cc12. The van der Waals surface area contributed by atoms with Crippen LogP contribution in [0, 0.1) is 0 Å². The predicted octanol–water partition coefficient (Wildman–Crippen LogP) is 9.32. The number of ether oxygens (including phenoxy) is 1. The van der Waals surface area contributed by atoms with E-state index in [-0.39, 0.29) is 17.9 Å². The summed E-state index contributed by atoms with van der Waals surface area (Å²) in [5, 5.41) is 11.1. The molecule has 0 radical (unpaired) electrons. The van der Waals surface area contributed by atoms with Gasteiger partial charge in [0.15, 0.2) is 0 Å². The number of amides is 2. The maximum Gasteiger partial charge on any atom is 0.347 e. The van der Waals surface area contributed by atoms with Crippen molar-refractivity contribution in [1.82, 2.24) is 10.3 Å². The summed E-state index contributed by atoms with van der Waals surface area (Å²) in [4.78, 5) is 42.5. The molecule has 8 rings (SSSR count). The van der Waals surface area contributed by atoms with Gasteiger partial charge < -0.3 is 19.8 Å². The highest BCUT2D eigenvalue weighted by Gasteiger charge is 2.21. The highest BCUT2D eigenvalue weighted by atomic mass is 35.5. The van der Waals surface area contributed by atoms with E-state index in [1.165, 1.54) is 0 Å². The molecule has 1 aliphatic rings. The van der Waals surface area contributed by atoms with Gasteiger partial charge in [-0.05, 0) is 82.9 Å². The number of carbonyl (C=O) groups excluding carboxylic acids is 2. The highest BCUT2D eigenvalue weighted by molar-refractivity contribution is 6.31. The van der Waals surface area contributed by atoms with E-state index in [1.807, 2.05) is 78.9 Å². The molecule has 2 N–H and O–H groups in total. The minimum atomic E-state index is -0.435. The molecule has 0 unspecified atom stereocenters. The Hall–Kier alpha value is -5.54. The summed E-state index contributed by atoms with van der Waals surface area (Å²) in [6.45, 7) is 1.26. The second kappa shape index (κ2) is 15.1. The van der Waals surface area contributed by atoms with Crippen molar-refractivity contribution < 1.29 is 18.7 Å². The number of halogens is 2. The van der Waals surface area contributed by atoms with Crippen LogP contribution in [0.4, 0.5) is 5.69 Å². The largest absolute Gasteiger partial charge is 0.403 e. The Morgan fingerprint density at radius 3 is 2.10 bits per heavy atom. The number of aromatic nitrogens is 1. The van der Waals surface area contributed by atoms with Crippen LogP contribution in [0.5, 0.6) is 0 Å². The average molecular weight is 717 g/mol. The smallest absolute Gasteiger partial charge is 0.347 e. The molecule has 254 valence electrons. The second-order valence-corrected chi connectivity index (χ2v) is 12.9. The molecule has 8 nitrogen and oxygen atoms in total. The summed E-state index contributed by atoms with van der Waals surface area (Å²) in [6.07, 6.45) is 1.54. The zero-order valence-corrected chi connectivity index (χ0v) is 28.7. The Morgan fingerprint density at radius 2 is 1.31 bits per heavy atom. The Kier molecular flexibility index (Phi) is 10.1. The number of hydrogen-bond acceptors (Lipinski definition) is 6. The molecule has 0 bridgehead atoms. The summed E-state index contributed by atoms with van der Waals surface area (Å²) in [7, 11) is 0. The van der Waals surface area contributed by atoms with Crippen molar-refractivity contribution >= 4 is 73.2 Å². The number of hydrogen-bond donors (Lipinski definition) is 2. The predicted molar refractivity (Wildman–Crippen MR) is 203 cm³/mol. The molecular formula is C41H31Cl2N3O5. The first-order valence-electron chi connectivity index (χ1n) is 16.4. The van der Waals surface area contributed by atoms with Gasteiger partial charge in [0.1, 0.15) is 0 Å². The van der Waals surface area contributed by atoms with Crippen molar-refractivity contribution in [2.45, 2.75) is 18.9 Å². The van der Waals surface area contributed by atoms with Crippen LogP contribution in [-0.4, -0.2) is 36.1 Å². The number of carbonyl (C=O) groups is 2. The van der Waals surface area contributed by atoms with E-state index in [2.05, 4.69) is 15.6 Å².